The Morgan fingerprint density at radius 3 is 2.62 bits per heavy atom. The number of benzene rings is 1. The number of amides is 1. The van der Waals surface area contributed by atoms with Crippen LogP contribution in [0, 0.1) is 0 Å². The van der Waals surface area contributed by atoms with Crippen LogP contribution in [-0.4, -0.2) is 12.5 Å². The van der Waals surface area contributed by atoms with Gasteiger partial charge in [-0.05, 0) is 23.6 Å². The van der Waals surface area contributed by atoms with Gasteiger partial charge < -0.3 is 10.6 Å². The zero-order valence-corrected chi connectivity index (χ0v) is 9.46. The second-order valence-electron chi connectivity index (χ2n) is 3.28. The van der Waals surface area contributed by atoms with Gasteiger partial charge in [-0.25, -0.2) is 0 Å². The number of thiophene rings is 1. The van der Waals surface area contributed by atoms with Crippen molar-refractivity contribution < 1.29 is 4.79 Å². The molecule has 0 unspecified atom stereocenters. The summed E-state index contributed by atoms with van der Waals surface area (Å²) >= 11 is 1.60. The van der Waals surface area contributed by atoms with Crippen molar-refractivity contribution in [1.82, 2.24) is 0 Å². The van der Waals surface area contributed by atoms with E-state index in [-0.39, 0.29) is 12.5 Å². The van der Waals surface area contributed by atoms with Gasteiger partial charge in [-0.3, -0.25) is 4.79 Å². The van der Waals surface area contributed by atoms with Crippen molar-refractivity contribution >= 4 is 28.6 Å². The third kappa shape index (κ3) is 3.10. The second kappa shape index (κ2) is 5.32. The van der Waals surface area contributed by atoms with E-state index < -0.39 is 0 Å². The van der Waals surface area contributed by atoms with Crippen LogP contribution in [0.15, 0.2) is 47.2 Å². The molecule has 0 fully saturated rings. The molecule has 2 rings (SSSR count). The molecule has 2 N–H and O–H groups in total. The van der Waals surface area contributed by atoms with Crippen LogP contribution in [0.5, 0.6) is 0 Å². The van der Waals surface area contributed by atoms with Crippen molar-refractivity contribution in [1.29, 1.82) is 0 Å². The number of rotatable bonds is 4. The van der Waals surface area contributed by atoms with E-state index in [0.29, 0.717) is 0 Å². The van der Waals surface area contributed by atoms with Gasteiger partial charge in [0, 0.05) is 16.8 Å². The molecule has 1 heterocycles. The molecule has 4 heteroatoms. The highest BCUT2D eigenvalue weighted by molar-refractivity contribution is 7.08. The molecule has 0 aliphatic carbocycles. The summed E-state index contributed by atoms with van der Waals surface area (Å²) in [5.74, 6) is -0.0441. The minimum absolute atomic E-state index is 0.0441. The highest BCUT2D eigenvalue weighted by Crippen LogP contribution is 2.11. The van der Waals surface area contributed by atoms with E-state index in [1.54, 1.807) is 11.3 Å². The first-order valence-electron chi connectivity index (χ1n) is 4.95. The van der Waals surface area contributed by atoms with Crippen LogP contribution >= 0.6 is 11.3 Å². The van der Waals surface area contributed by atoms with E-state index in [0.717, 1.165) is 11.4 Å². The topological polar surface area (TPSA) is 41.1 Å². The maximum atomic E-state index is 11.5. The molecule has 1 aromatic heterocycles. The highest BCUT2D eigenvalue weighted by Gasteiger charge is 2.01. The van der Waals surface area contributed by atoms with Crippen LogP contribution in [0.3, 0.4) is 0 Å². The van der Waals surface area contributed by atoms with E-state index in [9.17, 15) is 4.79 Å². The molecule has 2 aromatic rings. The van der Waals surface area contributed by atoms with Gasteiger partial charge in [-0.2, -0.15) is 11.3 Å². The van der Waals surface area contributed by atoms with Crippen molar-refractivity contribution in [2.75, 3.05) is 17.2 Å². The largest absolute Gasteiger partial charge is 0.375 e. The molecule has 0 aliphatic heterocycles. The van der Waals surface area contributed by atoms with Crippen LogP contribution < -0.4 is 10.6 Å². The molecule has 3 nitrogen and oxygen atoms in total. The molecule has 1 aromatic carbocycles. The Labute approximate surface area is 98.1 Å². The third-order valence-electron chi connectivity index (χ3n) is 2.03. The van der Waals surface area contributed by atoms with Gasteiger partial charge in [0.15, 0.2) is 0 Å². The average molecular weight is 232 g/mol. The maximum absolute atomic E-state index is 11.5. The van der Waals surface area contributed by atoms with Gasteiger partial charge >= 0.3 is 0 Å². The number of nitrogens with one attached hydrogen (secondary N) is 2. The highest BCUT2D eigenvalue weighted by atomic mass is 32.1. The van der Waals surface area contributed by atoms with Gasteiger partial charge in [0.2, 0.25) is 5.91 Å². The minimum atomic E-state index is -0.0441. The summed E-state index contributed by atoms with van der Waals surface area (Å²) in [6.45, 7) is 0.283. The van der Waals surface area contributed by atoms with Crippen molar-refractivity contribution in [2.45, 2.75) is 0 Å². The van der Waals surface area contributed by atoms with Gasteiger partial charge in [-0.1, -0.05) is 18.2 Å². The van der Waals surface area contributed by atoms with Crippen molar-refractivity contribution in [3.63, 3.8) is 0 Å². The lowest BCUT2D eigenvalue weighted by Crippen LogP contribution is -2.21. The summed E-state index contributed by atoms with van der Waals surface area (Å²) < 4.78 is 0. The zero-order valence-electron chi connectivity index (χ0n) is 8.64. The van der Waals surface area contributed by atoms with Crippen molar-refractivity contribution in [3.05, 3.63) is 47.2 Å². The summed E-state index contributed by atoms with van der Waals surface area (Å²) in [5, 5.41) is 9.79. The first kappa shape index (κ1) is 10.7. The van der Waals surface area contributed by atoms with Crippen molar-refractivity contribution in [3.8, 4) is 0 Å². The SMILES string of the molecule is O=C(CNc1ccsc1)Nc1ccccc1. The number of para-hydroxylation sites is 1. The number of hydrogen-bond donors (Lipinski definition) is 2. The zero-order chi connectivity index (χ0) is 11.2. The lowest BCUT2D eigenvalue weighted by Gasteiger charge is -2.05. The monoisotopic (exact) mass is 232 g/mol. The fourth-order valence-corrected chi connectivity index (χ4v) is 1.89. The number of hydrogen-bond acceptors (Lipinski definition) is 3. The second-order valence-corrected chi connectivity index (χ2v) is 4.06. The Hall–Kier alpha value is -1.81. The van der Waals surface area contributed by atoms with Gasteiger partial charge in [-0.15, -0.1) is 0 Å². The fraction of sp³-hybridized carbons (Fsp3) is 0.0833. The van der Waals surface area contributed by atoms with Crippen LogP contribution in [0.4, 0.5) is 11.4 Å². The molecule has 0 aliphatic rings. The van der Waals surface area contributed by atoms with E-state index in [1.165, 1.54) is 0 Å². The Balaban J connectivity index is 1.81. The molecule has 82 valence electrons. The molecule has 0 spiro atoms. The van der Waals surface area contributed by atoms with Gasteiger partial charge in [0.1, 0.15) is 0 Å². The lowest BCUT2D eigenvalue weighted by molar-refractivity contribution is -0.114. The van der Waals surface area contributed by atoms with Gasteiger partial charge in [0.05, 0.1) is 6.54 Å². The standard InChI is InChI=1S/C12H12N2OS/c15-12(8-13-11-6-7-16-9-11)14-10-4-2-1-3-5-10/h1-7,9,13H,8H2,(H,14,15). The van der Waals surface area contributed by atoms with E-state index in [1.807, 2.05) is 47.2 Å². The normalized spacial score (nSPS) is 9.75. The summed E-state index contributed by atoms with van der Waals surface area (Å²) in [6, 6.07) is 11.4. The maximum Gasteiger partial charge on any atom is 0.243 e. The average Bonchev–Trinajstić information content (AvgIpc) is 2.81. The van der Waals surface area contributed by atoms with Crippen LogP contribution in [0.25, 0.3) is 0 Å². The molecular formula is C12H12N2OS. The van der Waals surface area contributed by atoms with E-state index >= 15 is 0 Å². The minimum Gasteiger partial charge on any atom is -0.375 e. The summed E-state index contributed by atoms with van der Waals surface area (Å²) in [5.41, 5.74) is 1.80. The van der Waals surface area contributed by atoms with Crippen LogP contribution in [0.1, 0.15) is 0 Å². The lowest BCUT2D eigenvalue weighted by atomic mass is 10.3. The smallest absolute Gasteiger partial charge is 0.243 e. The first-order chi connectivity index (χ1) is 7.84. The molecular weight excluding hydrogens is 220 g/mol. The molecule has 16 heavy (non-hydrogen) atoms. The number of carbonyl (C=O) groups is 1. The van der Waals surface area contributed by atoms with Crippen LogP contribution in [0.2, 0.25) is 0 Å². The molecule has 0 atom stereocenters. The van der Waals surface area contributed by atoms with Crippen LogP contribution in [-0.2, 0) is 4.79 Å². The van der Waals surface area contributed by atoms with Gasteiger partial charge in [0.25, 0.3) is 0 Å². The molecule has 0 bridgehead atoms. The summed E-state index contributed by atoms with van der Waals surface area (Å²) in [4.78, 5) is 11.5. The quantitative estimate of drug-likeness (QED) is 0.851. The molecule has 0 saturated heterocycles. The Morgan fingerprint density at radius 1 is 1.12 bits per heavy atom. The van der Waals surface area contributed by atoms with Crippen molar-refractivity contribution in [2.24, 2.45) is 0 Å². The summed E-state index contributed by atoms with van der Waals surface area (Å²) in [6.07, 6.45) is 0. The fourth-order valence-electron chi connectivity index (χ4n) is 1.27. The van der Waals surface area contributed by atoms with E-state index in [2.05, 4.69) is 10.6 Å². The molecule has 0 saturated carbocycles. The number of carbonyl (C=O) groups excluding carboxylic acids is 1. The Bertz CT molecular complexity index is 439. The Morgan fingerprint density at radius 2 is 1.94 bits per heavy atom. The predicted molar refractivity (Wildman–Crippen MR) is 67.9 cm³/mol. The predicted octanol–water partition coefficient (Wildman–Crippen LogP) is 2.80. The Kier molecular flexibility index (Phi) is 3.56. The first-order valence-corrected chi connectivity index (χ1v) is 5.90. The molecule has 0 radical (unpaired) electrons. The summed E-state index contributed by atoms with van der Waals surface area (Å²) in [7, 11) is 0. The third-order valence-corrected chi connectivity index (χ3v) is 2.72. The number of anilines is 2. The van der Waals surface area contributed by atoms with E-state index in [4.69, 9.17) is 0 Å². The molecule has 1 amide bonds.